The summed E-state index contributed by atoms with van der Waals surface area (Å²) in [5.41, 5.74) is 2.15. The van der Waals surface area contributed by atoms with Gasteiger partial charge in [-0.2, -0.15) is 0 Å². The van der Waals surface area contributed by atoms with Gasteiger partial charge in [0.2, 0.25) is 0 Å². The van der Waals surface area contributed by atoms with Gasteiger partial charge in [0.05, 0.1) is 31.3 Å². The maximum atomic E-state index is 12.5. The van der Waals surface area contributed by atoms with Crippen LogP contribution in [0.2, 0.25) is 0 Å². The number of amides is 2. The maximum Gasteiger partial charge on any atom is 0.414 e. The second-order valence-electron chi connectivity index (χ2n) is 8.14. The van der Waals surface area contributed by atoms with Gasteiger partial charge in [0.15, 0.2) is 0 Å². The number of hydrogen-bond donors (Lipinski definition) is 2. The predicted octanol–water partition coefficient (Wildman–Crippen LogP) is 3.30. The number of allylic oxidation sites excluding steroid dienone is 3. The molecule has 2 saturated heterocycles. The van der Waals surface area contributed by atoms with Gasteiger partial charge < -0.3 is 20.1 Å². The normalized spacial score (nSPS) is 23.6. The van der Waals surface area contributed by atoms with Crippen molar-refractivity contribution in [1.29, 1.82) is 0 Å². The number of rotatable bonds is 6. The lowest BCUT2D eigenvalue weighted by Crippen LogP contribution is -2.41. The van der Waals surface area contributed by atoms with Gasteiger partial charge in [-0.1, -0.05) is 29.9 Å². The Bertz CT molecular complexity index is 962. The molecule has 0 aromatic heterocycles. The predicted molar refractivity (Wildman–Crippen MR) is 128 cm³/mol. The van der Waals surface area contributed by atoms with Crippen molar-refractivity contribution in [3.8, 4) is 0 Å². The number of hydrogen-bond acceptors (Lipinski definition) is 6. The number of cyclic esters (lactones) is 1. The van der Waals surface area contributed by atoms with Crippen LogP contribution in [0.25, 0.3) is 0 Å². The van der Waals surface area contributed by atoms with Crippen LogP contribution >= 0.6 is 23.8 Å². The summed E-state index contributed by atoms with van der Waals surface area (Å²) in [4.78, 5) is 29.2. The van der Waals surface area contributed by atoms with E-state index in [2.05, 4.69) is 10.2 Å². The molecular formula is C23H26ClN3O4S. The van der Waals surface area contributed by atoms with Crippen molar-refractivity contribution >= 4 is 52.1 Å². The van der Waals surface area contributed by atoms with E-state index >= 15 is 0 Å². The molecule has 9 heteroatoms. The maximum absolute atomic E-state index is 12.5. The van der Waals surface area contributed by atoms with Gasteiger partial charge in [-0.15, -0.1) is 0 Å². The SMILES string of the molecule is O=C(NCC1CN(c2ccc(N3CCCCC3CO)cc2)C(=O)O1)C1=CC(Cl)=CCC1=S. The summed E-state index contributed by atoms with van der Waals surface area (Å²) in [5, 5.41) is 12.9. The first-order valence-corrected chi connectivity index (χ1v) is 11.6. The van der Waals surface area contributed by atoms with Crippen LogP contribution in [0, 0.1) is 0 Å². The van der Waals surface area contributed by atoms with Gasteiger partial charge in [0.25, 0.3) is 5.91 Å². The quantitative estimate of drug-likeness (QED) is 0.614. The van der Waals surface area contributed by atoms with Crippen LogP contribution in [0.4, 0.5) is 16.2 Å². The Morgan fingerprint density at radius 2 is 2.00 bits per heavy atom. The average Bonchev–Trinajstić information content (AvgIpc) is 3.19. The van der Waals surface area contributed by atoms with Crippen molar-refractivity contribution in [2.24, 2.45) is 0 Å². The van der Waals surface area contributed by atoms with Gasteiger partial charge in [0, 0.05) is 34.2 Å². The van der Waals surface area contributed by atoms with Gasteiger partial charge in [-0.25, -0.2) is 4.79 Å². The van der Waals surface area contributed by atoms with E-state index in [1.807, 2.05) is 24.3 Å². The Morgan fingerprint density at radius 1 is 1.25 bits per heavy atom. The molecule has 0 radical (unpaired) electrons. The molecule has 2 amide bonds. The highest BCUT2D eigenvalue weighted by atomic mass is 35.5. The first-order chi connectivity index (χ1) is 15.5. The smallest absolute Gasteiger partial charge is 0.414 e. The third kappa shape index (κ3) is 4.98. The molecule has 4 rings (SSSR count). The molecule has 1 aromatic rings. The van der Waals surface area contributed by atoms with Crippen molar-refractivity contribution in [3.05, 3.63) is 47.0 Å². The largest absolute Gasteiger partial charge is 0.442 e. The molecular weight excluding hydrogens is 450 g/mol. The Labute approximate surface area is 197 Å². The number of anilines is 2. The van der Waals surface area contributed by atoms with Gasteiger partial charge in [-0.05, 0) is 49.6 Å². The molecule has 3 aliphatic rings. The standard InChI is InChI=1S/C23H26ClN3O4S/c24-15-4-9-21(32)20(11-15)22(29)25-12-19-13-27(23(30)31-19)17-7-5-16(6-8-17)26-10-2-1-3-18(26)14-28/h4-8,11,18-19,28H,1-3,9-10,12-14H2,(H,25,29). The lowest BCUT2D eigenvalue weighted by atomic mass is 10.0. The minimum Gasteiger partial charge on any atom is -0.442 e. The molecule has 32 heavy (non-hydrogen) atoms. The van der Waals surface area contributed by atoms with Crippen LogP contribution in [0.15, 0.2) is 47.0 Å². The molecule has 2 aliphatic heterocycles. The first-order valence-electron chi connectivity index (χ1n) is 10.8. The van der Waals surface area contributed by atoms with Crippen molar-refractivity contribution < 1.29 is 19.4 Å². The summed E-state index contributed by atoms with van der Waals surface area (Å²) >= 11 is 11.2. The van der Waals surface area contributed by atoms with Crippen LogP contribution in [-0.2, 0) is 9.53 Å². The number of thiocarbonyl (C=S) groups is 1. The molecule has 2 unspecified atom stereocenters. The Morgan fingerprint density at radius 3 is 2.75 bits per heavy atom. The molecule has 2 atom stereocenters. The molecule has 7 nitrogen and oxygen atoms in total. The van der Waals surface area contributed by atoms with Crippen LogP contribution in [0.3, 0.4) is 0 Å². The fraction of sp³-hybridized carbons (Fsp3) is 0.435. The topological polar surface area (TPSA) is 82.1 Å². The zero-order valence-electron chi connectivity index (χ0n) is 17.6. The average molecular weight is 476 g/mol. The fourth-order valence-electron chi connectivity index (χ4n) is 4.26. The van der Waals surface area contributed by atoms with Gasteiger partial charge in [-0.3, -0.25) is 9.69 Å². The number of nitrogens with one attached hydrogen (secondary N) is 1. The van der Waals surface area contributed by atoms with Crippen molar-refractivity contribution in [3.63, 3.8) is 0 Å². The van der Waals surface area contributed by atoms with Gasteiger partial charge in [0.1, 0.15) is 6.10 Å². The van der Waals surface area contributed by atoms with Crippen molar-refractivity contribution in [1.82, 2.24) is 5.32 Å². The Hall–Kier alpha value is -2.42. The number of aliphatic hydroxyl groups is 1. The van der Waals surface area contributed by atoms with Crippen LogP contribution in [0.5, 0.6) is 0 Å². The number of aliphatic hydroxyl groups excluding tert-OH is 1. The number of carbonyl (C=O) groups excluding carboxylic acids is 2. The second-order valence-corrected chi connectivity index (χ2v) is 9.07. The highest BCUT2D eigenvalue weighted by molar-refractivity contribution is 7.81. The lowest BCUT2D eigenvalue weighted by Gasteiger charge is -2.36. The molecule has 170 valence electrons. The highest BCUT2D eigenvalue weighted by Crippen LogP contribution is 2.28. The van der Waals surface area contributed by atoms with E-state index in [1.54, 1.807) is 17.1 Å². The van der Waals surface area contributed by atoms with Gasteiger partial charge >= 0.3 is 6.09 Å². The van der Waals surface area contributed by atoms with E-state index in [9.17, 15) is 14.7 Å². The molecule has 1 aliphatic carbocycles. The number of carbonyl (C=O) groups is 2. The zero-order valence-corrected chi connectivity index (χ0v) is 19.2. The first kappa shape index (κ1) is 22.8. The summed E-state index contributed by atoms with van der Waals surface area (Å²) in [6.07, 6.45) is 6.09. The van der Waals surface area contributed by atoms with E-state index in [1.165, 1.54) is 0 Å². The van der Waals surface area contributed by atoms with E-state index in [0.717, 1.165) is 37.2 Å². The van der Waals surface area contributed by atoms with Crippen LogP contribution < -0.4 is 15.1 Å². The van der Waals surface area contributed by atoms with Crippen LogP contribution in [-0.4, -0.2) is 60.4 Å². The zero-order chi connectivity index (χ0) is 22.7. The highest BCUT2D eigenvalue weighted by Gasteiger charge is 2.33. The minimum atomic E-state index is -0.462. The fourth-order valence-corrected chi connectivity index (χ4v) is 4.69. The Kier molecular flexibility index (Phi) is 7.13. The monoisotopic (exact) mass is 475 g/mol. The third-order valence-electron chi connectivity index (χ3n) is 6.01. The van der Waals surface area contributed by atoms with Crippen molar-refractivity contribution in [2.75, 3.05) is 36.0 Å². The summed E-state index contributed by atoms with van der Waals surface area (Å²) in [5.74, 6) is -0.319. The summed E-state index contributed by atoms with van der Waals surface area (Å²) in [6, 6.07) is 7.86. The van der Waals surface area contributed by atoms with Crippen molar-refractivity contribution in [2.45, 2.75) is 37.8 Å². The number of nitrogens with zero attached hydrogens (tertiary/aromatic N) is 2. The molecule has 1 aromatic carbocycles. The van der Waals surface area contributed by atoms with E-state index < -0.39 is 12.2 Å². The number of halogens is 1. The molecule has 0 saturated carbocycles. The summed E-state index contributed by atoms with van der Waals surface area (Å²) < 4.78 is 5.43. The van der Waals surface area contributed by atoms with E-state index in [-0.39, 0.29) is 25.1 Å². The van der Waals surface area contributed by atoms with E-state index in [0.29, 0.717) is 28.4 Å². The Balaban J connectivity index is 1.35. The molecule has 0 bridgehead atoms. The molecule has 0 spiro atoms. The summed E-state index contributed by atoms with van der Waals surface area (Å²) in [7, 11) is 0. The lowest BCUT2D eigenvalue weighted by molar-refractivity contribution is -0.117. The second kappa shape index (κ2) is 10.0. The number of ether oxygens (including phenoxy) is 1. The van der Waals surface area contributed by atoms with E-state index in [4.69, 9.17) is 28.6 Å². The number of piperidine rings is 1. The number of benzene rings is 1. The minimum absolute atomic E-state index is 0.136. The van der Waals surface area contributed by atoms with Crippen LogP contribution in [0.1, 0.15) is 25.7 Å². The molecule has 2 N–H and O–H groups in total. The molecule has 2 fully saturated rings. The summed E-state index contributed by atoms with van der Waals surface area (Å²) in [6.45, 7) is 1.58. The molecule has 2 heterocycles. The third-order valence-corrected chi connectivity index (χ3v) is 6.65.